The molecule has 0 saturated heterocycles. The van der Waals surface area contributed by atoms with Crippen molar-refractivity contribution < 1.29 is 18.0 Å². The lowest BCUT2D eigenvalue weighted by molar-refractivity contribution is -0.131. The molecule has 20 heavy (non-hydrogen) atoms. The van der Waals surface area contributed by atoms with Crippen LogP contribution in [0.3, 0.4) is 0 Å². The summed E-state index contributed by atoms with van der Waals surface area (Å²) in [6.07, 6.45) is -3.19. The Hall–Kier alpha value is -1.44. The normalized spacial score (nSPS) is 15.2. The van der Waals surface area contributed by atoms with E-state index in [-0.39, 0.29) is 18.4 Å². The van der Waals surface area contributed by atoms with E-state index in [1.165, 1.54) is 7.05 Å². The third-order valence-corrected chi connectivity index (χ3v) is 4.27. The monoisotopic (exact) mass is 307 g/mol. The van der Waals surface area contributed by atoms with Crippen LogP contribution in [0.4, 0.5) is 23.9 Å². The summed E-state index contributed by atoms with van der Waals surface area (Å²) in [7, 11) is 1.50. The van der Waals surface area contributed by atoms with Crippen molar-refractivity contribution in [3.05, 3.63) is 10.4 Å². The third-order valence-electron chi connectivity index (χ3n) is 3.10. The number of rotatable bonds is 5. The molecule has 0 spiro atoms. The molecule has 1 aromatic heterocycles. The second kappa shape index (κ2) is 5.51. The summed E-state index contributed by atoms with van der Waals surface area (Å²) in [6.45, 7) is -0.212. The van der Waals surface area contributed by atoms with Crippen LogP contribution in [0.2, 0.25) is 0 Å². The molecule has 1 heterocycles. The van der Waals surface area contributed by atoms with E-state index < -0.39 is 12.6 Å². The maximum absolute atomic E-state index is 12.2. The summed E-state index contributed by atoms with van der Waals surface area (Å²) in [5.41, 5.74) is 7.16. The number of nitrogen functional groups attached to an aromatic ring is 1. The smallest absolute Gasteiger partial charge is 0.390 e. The number of hydrogen-bond donors (Lipinski definition) is 3. The molecule has 112 valence electrons. The van der Waals surface area contributed by atoms with Gasteiger partial charge in [0.25, 0.3) is 5.91 Å². The molecular weight excluding hydrogens is 291 g/mol. The molecule has 0 radical (unpaired) electrons. The van der Waals surface area contributed by atoms with Gasteiger partial charge < -0.3 is 16.4 Å². The molecule has 1 saturated carbocycles. The van der Waals surface area contributed by atoms with Crippen LogP contribution >= 0.6 is 11.3 Å². The molecule has 4 nitrogen and oxygen atoms in total. The number of hydrogen-bond acceptors (Lipinski definition) is 4. The lowest BCUT2D eigenvalue weighted by Crippen LogP contribution is -2.17. The SMILES string of the molecule is CNC(=O)c1sc(NCCC(F)(F)F)c(C2CC2)c1N. The Bertz CT molecular complexity index is 509. The maximum atomic E-state index is 12.2. The number of nitrogens with one attached hydrogen (secondary N) is 2. The van der Waals surface area contributed by atoms with Crippen LogP contribution in [0, 0.1) is 0 Å². The molecule has 4 N–H and O–H groups in total. The molecular formula is C12H16F3N3OS. The Kier molecular flexibility index (Phi) is 4.12. The minimum absolute atomic E-state index is 0.212. The van der Waals surface area contributed by atoms with Crippen LogP contribution in [0.15, 0.2) is 0 Å². The average molecular weight is 307 g/mol. The highest BCUT2D eigenvalue weighted by Gasteiger charge is 2.33. The number of alkyl halides is 3. The second-order valence-corrected chi connectivity index (χ2v) is 5.75. The molecule has 0 atom stereocenters. The van der Waals surface area contributed by atoms with Gasteiger partial charge in [0, 0.05) is 19.2 Å². The summed E-state index contributed by atoms with van der Waals surface area (Å²) < 4.78 is 36.5. The van der Waals surface area contributed by atoms with Gasteiger partial charge in [-0.05, 0) is 18.8 Å². The van der Waals surface area contributed by atoms with Crippen LogP contribution in [0.25, 0.3) is 0 Å². The van der Waals surface area contributed by atoms with Crippen molar-refractivity contribution in [2.45, 2.75) is 31.4 Å². The zero-order valence-corrected chi connectivity index (χ0v) is 11.8. The van der Waals surface area contributed by atoms with Gasteiger partial charge in [-0.15, -0.1) is 11.3 Å². The average Bonchev–Trinajstić information content (AvgIpc) is 3.12. The van der Waals surface area contributed by atoms with Crippen molar-refractivity contribution in [3.63, 3.8) is 0 Å². The van der Waals surface area contributed by atoms with E-state index in [9.17, 15) is 18.0 Å². The molecule has 0 unspecified atom stereocenters. The molecule has 2 rings (SSSR count). The first-order valence-corrected chi connectivity index (χ1v) is 7.10. The first-order valence-electron chi connectivity index (χ1n) is 6.28. The van der Waals surface area contributed by atoms with E-state index in [1.54, 1.807) is 0 Å². The molecule has 0 aliphatic heterocycles. The molecule has 1 amide bonds. The minimum Gasteiger partial charge on any atom is -0.397 e. The van der Waals surface area contributed by atoms with Gasteiger partial charge in [0.2, 0.25) is 0 Å². The van der Waals surface area contributed by atoms with Gasteiger partial charge in [0.05, 0.1) is 17.1 Å². The lowest BCUT2D eigenvalue weighted by Gasteiger charge is -2.09. The fraction of sp³-hybridized carbons (Fsp3) is 0.583. The van der Waals surface area contributed by atoms with E-state index in [0.29, 0.717) is 15.6 Å². The number of thiophene rings is 1. The zero-order chi connectivity index (χ0) is 14.9. The first kappa shape index (κ1) is 15.0. The highest BCUT2D eigenvalue weighted by atomic mass is 32.1. The van der Waals surface area contributed by atoms with Crippen LogP contribution in [-0.4, -0.2) is 25.7 Å². The van der Waals surface area contributed by atoms with Crippen molar-refractivity contribution in [2.75, 3.05) is 24.6 Å². The maximum Gasteiger partial charge on any atom is 0.390 e. The Balaban J connectivity index is 2.16. The fourth-order valence-corrected chi connectivity index (χ4v) is 3.14. The Morgan fingerprint density at radius 3 is 2.60 bits per heavy atom. The van der Waals surface area contributed by atoms with Crippen molar-refractivity contribution in [1.29, 1.82) is 0 Å². The fourth-order valence-electron chi connectivity index (χ4n) is 1.97. The van der Waals surface area contributed by atoms with Gasteiger partial charge in [-0.3, -0.25) is 4.79 Å². The van der Waals surface area contributed by atoms with E-state index in [0.717, 1.165) is 29.7 Å². The topological polar surface area (TPSA) is 67.2 Å². The van der Waals surface area contributed by atoms with Gasteiger partial charge >= 0.3 is 6.18 Å². The summed E-state index contributed by atoms with van der Waals surface area (Å²) in [6, 6.07) is 0. The molecule has 1 aliphatic carbocycles. The zero-order valence-electron chi connectivity index (χ0n) is 10.9. The predicted molar refractivity (Wildman–Crippen MR) is 73.3 cm³/mol. The van der Waals surface area contributed by atoms with Crippen molar-refractivity contribution in [1.82, 2.24) is 5.32 Å². The summed E-state index contributed by atoms with van der Waals surface area (Å²) in [5.74, 6) is -0.0451. The van der Waals surface area contributed by atoms with Crippen molar-refractivity contribution in [3.8, 4) is 0 Å². The molecule has 0 aromatic carbocycles. The van der Waals surface area contributed by atoms with Gasteiger partial charge in [-0.2, -0.15) is 13.2 Å². The highest BCUT2D eigenvalue weighted by molar-refractivity contribution is 7.18. The van der Waals surface area contributed by atoms with Crippen molar-refractivity contribution >= 4 is 27.9 Å². The van der Waals surface area contributed by atoms with E-state index >= 15 is 0 Å². The highest BCUT2D eigenvalue weighted by Crippen LogP contribution is 2.50. The van der Waals surface area contributed by atoms with Gasteiger partial charge in [-0.1, -0.05) is 0 Å². The molecule has 1 fully saturated rings. The van der Waals surface area contributed by atoms with E-state index in [1.807, 2.05) is 0 Å². The first-order chi connectivity index (χ1) is 9.33. The summed E-state index contributed by atoms with van der Waals surface area (Å²) in [4.78, 5) is 12.1. The standard InChI is InChI=1S/C12H16F3N3OS/c1-17-10(19)9-8(16)7(6-2-3-6)11(20-9)18-5-4-12(13,14)15/h6,18H,2-5,16H2,1H3,(H,17,19). The summed E-state index contributed by atoms with van der Waals surface area (Å²) in [5, 5.41) is 5.85. The number of nitrogens with two attached hydrogens (primary N) is 1. The number of carbonyl (C=O) groups is 1. The van der Waals surface area contributed by atoms with Crippen LogP contribution in [0.5, 0.6) is 0 Å². The van der Waals surface area contributed by atoms with Gasteiger partial charge in [0.1, 0.15) is 4.88 Å². The Labute approximate surface area is 118 Å². The number of halogens is 3. The lowest BCUT2D eigenvalue weighted by atomic mass is 10.1. The summed E-state index contributed by atoms with van der Waals surface area (Å²) >= 11 is 1.12. The predicted octanol–water partition coefficient (Wildman–Crippen LogP) is 2.93. The number of amides is 1. The Morgan fingerprint density at radius 2 is 2.10 bits per heavy atom. The third kappa shape index (κ3) is 3.36. The van der Waals surface area contributed by atoms with E-state index in [4.69, 9.17) is 5.73 Å². The molecule has 1 aromatic rings. The Morgan fingerprint density at radius 1 is 1.45 bits per heavy atom. The largest absolute Gasteiger partial charge is 0.397 e. The van der Waals surface area contributed by atoms with Crippen LogP contribution in [-0.2, 0) is 0 Å². The minimum atomic E-state index is -4.20. The second-order valence-electron chi connectivity index (χ2n) is 4.73. The van der Waals surface area contributed by atoms with Crippen LogP contribution < -0.4 is 16.4 Å². The number of carbonyl (C=O) groups excluding carboxylic acids is 1. The van der Waals surface area contributed by atoms with Gasteiger partial charge in [0.15, 0.2) is 0 Å². The van der Waals surface area contributed by atoms with E-state index in [2.05, 4.69) is 10.6 Å². The number of anilines is 2. The van der Waals surface area contributed by atoms with Crippen molar-refractivity contribution in [2.24, 2.45) is 0 Å². The molecule has 0 bridgehead atoms. The molecule has 1 aliphatic rings. The van der Waals surface area contributed by atoms with Gasteiger partial charge in [-0.25, -0.2) is 0 Å². The molecule has 8 heteroatoms. The van der Waals surface area contributed by atoms with Crippen LogP contribution in [0.1, 0.15) is 40.4 Å². The quantitative estimate of drug-likeness (QED) is 0.783.